The number of amides is 1. The van der Waals surface area contributed by atoms with E-state index in [-0.39, 0.29) is 33.9 Å². The summed E-state index contributed by atoms with van der Waals surface area (Å²) in [6, 6.07) is 5.14. The number of hydrogen-bond donors (Lipinski definition) is 2. The van der Waals surface area contributed by atoms with E-state index in [2.05, 4.69) is 25.9 Å². The summed E-state index contributed by atoms with van der Waals surface area (Å²) in [5.74, 6) is -0.194. The van der Waals surface area contributed by atoms with Crippen LogP contribution in [0, 0.1) is 22.5 Å². The number of benzene rings is 1. The molecule has 192 valence electrons. The quantitative estimate of drug-likeness (QED) is 0.355. The fourth-order valence-electron chi connectivity index (χ4n) is 3.39. The molecule has 3 rings (SSSR count). The third kappa shape index (κ3) is 6.15. The maximum Gasteiger partial charge on any atom is 0.313 e. The molecule has 0 spiro atoms. The van der Waals surface area contributed by atoms with Crippen LogP contribution < -0.4 is 15.4 Å². The van der Waals surface area contributed by atoms with Crippen LogP contribution in [-0.2, 0) is 5.41 Å². The smallest absolute Gasteiger partial charge is 0.313 e. The van der Waals surface area contributed by atoms with E-state index < -0.39 is 4.92 Å². The third-order valence-corrected chi connectivity index (χ3v) is 5.43. The normalized spacial score (nSPS) is 11.8. The Hall–Kier alpha value is -4.02. The molecule has 0 aliphatic carbocycles. The predicted octanol–water partition coefficient (Wildman–Crippen LogP) is 4.70. The minimum absolute atomic E-state index is 0.0629. The first-order valence-electron chi connectivity index (χ1n) is 11.5. The monoisotopic (exact) mass is 495 g/mol. The van der Waals surface area contributed by atoms with Gasteiger partial charge in [-0.3, -0.25) is 19.9 Å². The standard InChI is InChI=1S/C25H33N7O4/c1-15-20(31-13-19(29-30-31)23(33)27-14-24(2,3)4)11-17(12-26-15)28-18-9-16(25(5,6)7)10-21(32(34)35)22(18)36-8/h9-13,28H,14H2,1-8H3,(H,27,33). The van der Waals surface area contributed by atoms with E-state index in [1.165, 1.54) is 24.1 Å². The highest BCUT2D eigenvalue weighted by Gasteiger charge is 2.26. The van der Waals surface area contributed by atoms with Crippen molar-refractivity contribution in [2.24, 2.45) is 5.41 Å². The van der Waals surface area contributed by atoms with Crippen LogP contribution in [-0.4, -0.2) is 44.5 Å². The van der Waals surface area contributed by atoms with E-state index >= 15 is 0 Å². The van der Waals surface area contributed by atoms with Gasteiger partial charge in [0.25, 0.3) is 5.91 Å². The van der Waals surface area contributed by atoms with Crippen molar-refractivity contribution in [2.75, 3.05) is 19.0 Å². The summed E-state index contributed by atoms with van der Waals surface area (Å²) in [5.41, 5.74) is 2.71. The van der Waals surface area contributed by atoms with Crippen molar-refractivity contribution in [3.8, 4) is 11.4 Å². The van der Waals surface area contributed by atoms with Crippen LogP contribution in [0.4, 0.5) is 17.1 Å². The second-order valence-electron chi connectivity index (χ2n) is 10.8. The number of methoxy groups -OCH3 is 1. The number of nitro groups is 1. The van der Waals surface area contributed by atoms with E-state index in [4.69, 9.17) is 4.74 Å². The van der Waals surface area contributed by atoms with Crippen molar-refractivity contribution in [3.63, 3.8) is 0 Å². The SMILES string of the molecule is COc1c(Nc2cnc(C)c(-n3cc(C(=O)NCC(C)(C)C)nn3)c2)cc(C(C)(C)C)cc1[N+](=O)[O-]. The Morgan fingerprint density at radius 1 is 1.17 bits per heavy atom. The number of carbonyl (C=O) groups excluding carboxylic acids is 1. The largest absolute Gasteiger partial charge is 0.489 e. The molecular weight excluding hydrogens is 462 g/mol. The van der Waals surface area contributed by atoms with Gasteiger partial charge >= 0.3 is 5.69 Å². The molecule has 0 aliphatic rings. The number of anilines is 2. The molecule has 0 saturated heterocycles. The molecule has 0 saturated carbocycles. The molecule has 11 heteroatoms. The fourth-order valence-corrected chi connectivity index (χ4v) is 3.39. The van der Waals surface area contributed by atoms with Crippen molar-refractivity contribution in [3.05, 3.63) is 57.7 Å². The van der Waals surface area contributed by atoms with E-state index in [9.17, 15) is 14.9 Å². The van der Waals surface area contributed by atoms with Gasteiger partial charge in [0, 0.05) is 12.6 Å². The Kier molecular flexibility index (Phi) is 7.33. The number of ether oxygens (including phenoxy) is 1. The van der Waals surface area contributed by atoms with Gasteiger partial charge in [-0.25, -0.2) is 4.68 Å². The van der Waals surface area contributed by atoms with Crippen molar-refractivity contribution in [2.45, 2.75) is 53.9 Å². The van der Waals surface area contributed by atoms with E-state index in [0.717, 1.165) is 5.56 Å². The molecular formula is C25H33N7O4. The average Bonchev–Trinajstić information content (AvgIpc) is 3.27. The molecule has 36 heavy (non-hydrogen) atoms. The highest BCUT2D eigenvalue weighted by atomic mass is 16.6. The maximum atomic E-state index is 12.5. The summed E-state index contributed by atoms with van der Waals surface area (Å²) < 4.78 is 6.87. The maximum absolute atomic E-state index is 12.5. The molecule has 1 aromatic carbocycles. The molecule has 0 unspecified atom stereocenters. The number of nitrogens with zero attached hydrogens (tertiary/aromatic N) is 5. The number of pyridine rings is 1. The Bertz CT molecular complexity index is 1290. The first-order valence-corrected chi connectivity index (χ1v) is 11.5. The number of hydrogen-bond acceptors (Lipinski definition) is 8. The summed E-state index contributed by atoms with van der Waals surface area (Å²) in [4.78, 5) is 28.2. The summed E-state index contributed by atoms with van der Waals surface area (Å²) >= 11 is 0. The topological polar surface area (TPSA) is 137 Å². The lowest BCUT2D eigenvalue weighted by atomic mass is 9.86. The van der Waals surface area contributed by atoms with E-state index in [1.54, 1.807) is 12.3 Å². The van der Waals surface area contributed by atoms with Crippen LogP contribution in [0.2, 0.25) is 0 Å². The predicted molar refractivity (Wildman–Crippen MR) is 137 cm³/mol. The molecule has 0 bridgehead atoms. The summed E-state index contributed by atoms with van der Waals surface area (Å²) in [5, 5.41) is 25.9. The molecule has 11 nitrogen and oxygen atoms in total. The molecule has 0 radical (unpaired) electrons. The first kappa shape index (κ1) is 26.6. The van der Waals surface area contributed by atoms with Crippen LogP contribution in [0.3, 0.4) is 0 Å². The fraction of sp³-hybridized carbons (Fsp3) is 0.440. The average molecular weight is 496 g/mol. The van der Waals surface area contributed by atoms with Gasteiger partial charge in [-0.05, 0) is 35.4 Å². The van der Waals surface area contributed by atoms with E-state index in [1.807, 2.05) is 54.5 Å². The number of rotatable bonds is 7. The number of nitrogens with one attached hydrogen (secondary N) is 2. The zero-order chi connectivity index (χ0) is 26.8. The number of aromatic nitrogens is 4. The van der Waals surface area contributed by atoms with Crippen LogP contribution >= 0.6 is 0 Å². The summed E-state index contributed by atoms with van der Waals surface area (Å²) in [6.45, 7) is 14.3. The number of aryl methyl sites for hydroxylation is 1. The Morgan fingerprint density at radius 3 is 2.44 bits per heavy atom. The van der Waals surface area contributed by atoms with Crippen molar-refractivity contribution < 1.29 is 14.5 Å². The van der Waals surface area contributed by atoms with Gasteiger partial charge in [0.15, 0.2) is 5.69 Å². The third-order valence-electron chi connectivity index (χ3n) is 5.43. The second kappa shape index (κ2) is 9.92. The second-order valence-corrected chi connectivity index (χ2v) is 10.8. The van der Waals surface area contributed by atoms with Gasteiger partial charge in [-0.2, -0.15) is 0 Å². The summed E-state index contributed by atoms with van der Waals surface area (Å²) in [6.07, 6.45) is 3.15. The molecule has 1 amide bonds. The zero-order valence-corrected chi connectivity index (χ0v) is 22.0. The molecule has 0 atom stereocenters. The van der Waals surface area contributed by atoms with Crippen molar-refractivity contribution >= 4 is 23.0 Å². The minimum Gasteiger partial charge on any atom is -0.489 e. The molecule has 3 aromatic rings. The van der Waals surface area contributed by atoms with Gasteiger partial charge in [0.1, 0.15) is 0 Å². The Balaban J connectivity index is 1.96. The lowest BCUT2D eigenvalue weighted by Gasteiger charge is -2.21. The zero-order valence-electron chi connectivity index (χ0n) is 22.0. The van der Waals surface area contributed by atoms with Crippen molar-refractivity contribution in [1.29, 1.82) is 0 Å². The highest BCUT2D eigenvalue weighted by Crippen LogP contribution is 2.41. The molecule has 0 fully saturated rings. The van der Waals surface area contributed by atoms with Crippen LogP contribution in [0.1, 0.15) is 63.3 Å². The van der Waals surface area contributed by atoms with Gasteiger partial charge in [-0.1, -0.05) is 46.8 Å². The van der Waals surface area contributed by atoms with Crippen LogP contribution in [0.5, 0.6) is 5.75 Å². The highest BCUT2D eigenvalue weighted by molar-refractivity contribution is 5.92. The number of nitro benzene ring substituents is 1. The van der Waals surface area contributed by atoms with Gasteiger partial charge in [0.2, 0.25) is 5.75 Å². The van der Waals surface area contributed by atoms with Gasteiger partial charge in [-0.15, -0.1) is 5.10 Å². The lowest BCUT2D eigenvalue weighted by Crippen LogP contribution is -2.32. The van der Waals surface area contributed by atoms with E-state index in [0.29, 0.717) is 29.3 Å². The van der Waals surface area contributed by atoms with Crippen molar-refractivity contribution in [1.82, 2.24) is 25.3 Å². The van der Waals surface area contributed by atoms with Crippen LogP contribution in [0.15, 0.2) is 30.6 Å². The summed E-state index contributed by atoms with van der Waals surface area (Å²) in [7, 11) is 1.39. The lowest BCUT2D eigenvalue weighted by molar-refractivity contribution is -0.385. The molecule has 0 aliphatic heterocycles. The molecule has 2 aromatic heterocycles. The van der Waals surface area contributed by atoms with Gasteiger partial charge < -0.3 is 15.4 Å². The van der Waals surface area contributed by atoms with Crippen LogP contribution in [0.25, 0.3) is 5.69 Å². The number of carbonyl (C=O) groups is 1. The molecule has 2 heterocycles. The Morgan fingerprint density at radius 2 is 1.86 bits per heavy atom. The first-order chi connectivity index (χ1) is 16.7. The van der Waals surface area contributed by atoms with Gasteiger partial charge in [0.05, 0.1) is 47.2 Å². The minimum atomic E-state index is -0.459. The Labute approximate surface area is 210 Å². The molecule has 2 N–H and O–H groups in total.